The molecule has 1 aromatic heterocycles. The van der Waals surface area contributed by atoms with Crippen LogP contribution in [0.1, 0.15) is 61.0 Å². The molecule has 1 heterocycles. The number of hydrogen-bond acceptors (Lipinski definition) is 6. The van der Waals surface area contributed by atoms with E-state index in [9.17, 15) is 4.79 Å². The molecular weight excluding hydrogens is 316 g/mol. The van der Waals surface area contributed by atoms with E-state index in [1.54, 1.807) is 0 Å². The maximum absolute atomic E-state index is 12.0. The molecule has 0 aliphatic heterocycles. The van der Waals surface area contributed by atoms with Crippen molar-refractivity contribution in [3.8, 4) is 5.19 Å². The van der Waals surface area contributed by atoms with Crippen molar-refractivity contribution in [2.45, 2.75) is 57.7 Å². The van der Waals surface area contributed by atoms with Crippen LogP contribution in [0.2, 0.25) is 0 Å². The van der Waals surface area contributed by atoms with Crippen LogP contribution in [0.25, 0.3) is 0 Å². The number of nitrogens with one attached hydrogen (secondary N) is 1. The molecule has 1 amide bonds. The van der Waals surface area contributed by atoms with Crippen LogP contribution in [0.15, 0.2) is 6.20 Å². The van der Waals surface area contributed by atoms with Gasteiger partial charge in [0.2, 0.25) is 0 Å². The van der Waals surface area contributed by atoms with Crippen molar-refractivity contribution in [2.24, 2.45) is 5.92 Å². The molecule has 6 nitrogen and oxygen atoms in total. The fourth-order valence-corrected chi connectivity index (χ4v) is 3.54. The van der Waals surface area contributed by atoms with Gasteiger partial charge in [0.15, 0.2) is 6.29 Å². The Bertz CT molecular complexity index is 472. The van der Waals surface area contributed by atoms with E-state index >= 15 is 0 Å². The molecular formula is C16H26N2O4S. The summed E-state index contributed by atoms with van der Waals surface area (Å²) < 4.78 is 5.26. The first-order valence-electron chi connectivity index (χ1n) is 8.38. The average Bonchev–Trinajstić information content (AvgIpc) is 3.01. The summed E-state index contributed by atoms with van der Waals surface area (Å²) in [6.07, 6.45) is 9.20. The van der Waals surface area contributed by atoms with Gasteiger partial charge in [-0.25, -0.2) is 4.98 Å². The van der Waals surface area contributed by atoms with Crippen molar-refractivity contribution >= 4 is 17.2 Å². The average molecular weight is 342 g/mol. The standard InChI is InChI=1S/C16H26N2O4S/c19-14(20)8-10-22-16-18-11-13(23-16)15(21)17-9-4-7-12-5-2-1-3-6-12/h11-12,14,19-20H,1-10H2,(H,17,21). The lowest BCUT2D eigenvalue weighted by molar-refractivity contribution is -0.0519. The number of carbonyl (C=O) groups excluding carboxylic acids is 1. The highest BCUT2D eigenvalue weighted by Gasteiger charge is 2.14. The molecule has 1 fully saturated rings. The Morgan fingerprint density at radius 2 is 2.17 bits per heavy atom. The van der Waals surface area contributed by atoms with E-state index in [1.807, 2.05) is 0 Å². The quantitative estimate of drug-likeness (QED) is 0.473. The monoisotopic (exact) mass is 342 g/mol. The van der Waals surface area contributed by atoms with E-state index in [0.29, 0.717) is 16.6 Å². The van der Waals surface area contributed by atoms with Crippen LogP contribution >= 0.6 is 11.3 Å². The minimum Gasteiger partial charge on any atom is -0.470 e. The molecule has 7 heteroatoms. The molecule has 23 heavy (non-hydrogen) atoms. The van der Waals surface area contributed by atoms with Crippen molar-refractivity contribution in [1.29, 1.82) is 0 Å². The van der Waals surface area contributed by atoms with Gasteiger partial charge in [0.1, 0.15) is 4.88 Å². The molecule has 3 N–H and O–H groups in total. The Hall–Kier alpha value is -1.18. The second-order valence-corrected chi connectivity index (χ2v) is 7.00. The fourth-order valence-electron chi connectivity index (χ4n) is 2.84. The predicted octanol–water partition coefficient (Wildman–Crippen LogP) is 2.31. The number of thiazole rings is 1. The van der Waals surface area contributed by atoms with Crippen LogP contribution in [0, 0.1) is 5.92 Å². The largest absolute Gasteiger partial charge is 0.470 e. The minimum atomic E-state index is -1.39. The van der Waals surface area contributed by atoms with E-state index in [1.165, 1.54) is 56.1 Å². The highest BCUT2D eigenvalue weighted by Crippen LogP contribution is 2.27. The van der Waals surface area contributed by atoms with Gasteiger partial charge in [-0.05, 0) is 18.8 Å². The lowest BCUT2D eigenvalue weighted by atomic mass is 9.86. The zero-order chi connectivity index (χ0) is 16.5. The summed E-state index contributed by atoms with van der Waals surface area (Å²) >= 11 is 1.17. The number of nitrogens with zero attached hydrogens (tertiary/aromatic N) is 1. The number of hydrogen-bond donors (Lipinski definition) is 3. The van der Waals surface area contributed by atoms with Crippen LogP contribution < -0.4 is 10.1 Å². The third-order valence-corrected chi connectivity index (χ3v) is 5.02. The molecule has 0 atom stereocenters. The Morgan fingerprint density at radius 1 is 1.39 bits per heavy atom. The van der Waals surface area contributed by atoms with Crippen LogP contribution in [-0.4, -0.2) is 40.5 Å². The summed E-state index contributed by atoms with van der Waals surface area (Å²) in [5, 5.41) is 20.8. The molecule has 130 valence electrons. The van der Waals surface area contributed by atoms with Crippen molar-refractivity contribution in [3.63, 3.8) is 0 Å². The number of aliphatic hydroxyl groups excluding tert-OH is 1. The van der Waals surface area contributed by atoms with Crippen molar-refractivity contribution in [2.75, 3.05) is 13.2 Å². The van der Waals surface area contributed by atoms with Gasteiger partial charge in [-0.1, -0.05) is 43.4 Å². The third-order valence-electron chi connectivity index (χ3n) is 4.11. The minimum absolute atomic E-state index is 0.113. The molecule has 1 saturated carbocycles. The highest BCUT2D eigenvalue weighted by molar-refractivity contribution is 7.15. The maximum atomic E-state index is 12.0. The molecule has 1 aliphatic carbocycles. The first kappa shape index (κ1) is 18.2. The van der Waals surface area contributed by atoms with Gasteiger partial charge in [-0.2, -0.15) is 0 Å². The van der Waals surface area contributed by atoms with E-state index < -0.39 is 6.29 Å². The molecule has 0 aromatic carbocycles. The fraction of sp³-hybridized carbons (Fsp3) is 0.750. The number of amides is 1. The number of aliphatic hydroxyl groups is 2. The number of carbonyl (C=O) groups is 1. The zero-order valence-electron chi connectivity index (χ0n) is 13.4. The number of ether oxygens (including phenoxy) is 1. The summed E-state index contributed by atoms with van der Waals surface area (Å²) in [6, 6.07) is 0. The Labute approximate surface area is 140 Å². The highest BCUT2D eigenvalue weighted by atomic mass is 32.1. The predicted molar refractivity (Wildman–Crippen MR) is 88.6 cm³/mol. The van der Waals surface area contributed by atoms with Gasteiger partial charge in [0.05, 0.1) is 12.8 Å². The molecule has 0 saturated heterocycles. The summed E-state index contributed by atoms with van der Waals surface area (Å²) in [5.74, 6) is 0.717. The van der Waals surface area contributed by atoms with Gasteiger partial charge in [-0.15, -0.1) is 0 Å². The van der Waals surface area contributed by atoms with Crippen LogP contribution in [0.4, 0.5) is 0 Å². The van der Waals surface area contributed by atoms with Gasteiger partial charge in [0, 0.05) is 13.0 Å². The summed E-state index contributed by atoms with van der Waals surface area (Å²) in [7, 11) is 0. The second-order valence-electron chi connectivity index (χ2n) is 6.01. The molecule has 0 unspecified atom stereocenters. The van der Waals surface area contributed by atoms with E-state index in [0.717, 1.165) is 12.3 Å². The normalized spacial score (nSPS) is 15.8. The van der Waals surface area contributed by atoms with Crippen molar-refractivity contribution in [3.05, 3.63) is 11.1 Å². The maximum Gasteiger partial charge on any atom is 0.273 e. The van der Waals surface area contributed by atoms with Gasteiger partial charge < -0.3 is 20.3 Å². The molecule has 0 radical (unpaired) electrons. The SMILES string of the molecule is O=C(NCCCC1CCCCC1)c1cnc(OCCC(O)O)s1. The van der Waals surface area contributed by atoms with Crippen LogP contribution in [-0.2, 0) is 0 Å². The first-order chi connectivity index (χ1) is 11.1. The van der Waals surface area contributed by atoms with E-state index in [4.69, 9.17) is 14.9 Å². The zero-order valence-corrected chi connectivity index (χ0v) is 14.2. The van der Waals surface area contributed by atoms with Crippen molar-refractivity contribution < 1.29 is 19.7 Å². The van der Waals surface area contributed by atoms with Crippen molar-refractivity contribution in [1.82, 2.24) is 10.3 Å². The molecule has 1 aromatic rings. The Balaban J connectivity index is 1.62. The Morgan fingerprint density at radius 3 is 2.91 bits per heavy atom. The van der Waals surface area contributed by atoms with E-state index in [-0.39, 0.29) is 18.9 Å². The third kappa shape index (κ3) is 6.85. The molecule has 0 spiro atoms. The molecule has 2 rings (SSSR count). The second kappa shape index (κ2) is 9.85. The molecule has 0 bridgehead atoms. The lowest BCUT2D eigenvalue weighted by Crippen LogP contribution is -2.24. The first-order valence-corrected chi connectivity index (χ1v) is 9.20. The summed E-state index contributed by atoms with van der Waals surface area (Å²) in [6.45, 7) is 0.855. The number of aromatic nitrogens is 1. The van der Waals surface area contributed by atoms with Gasteiger partial charge >= 0.3 is 0 Å². The lowest BCUT2D eigenvalue weighted by Gasteiger charge is -2.21. The summed E-state index contributed by atoms with van der Waals surface area (Å²) in [5.41, 5.74) is 0. The van der Waals surface area contributed by atoms with Gasteiger partial charge in [-0.3, -0.25) is 4.79 Å². The smallest absolute Gasteiger partial charge is 0.273 e. The van der Waals surface area contributed by atoms with Gasteiger partial charge in [0.25, 0.3) is 11.1 Å². The van der Waals surface area contributed by atoms with Crippen LogP contribution in [0.3, 0.4) is 0 Å². The van der Waals surface area contributed by atoms with E-state index in [2.05, 4.69) is 10.3 Å². The number of rotatable bonds is 9. The topological polar surface area (TPSA) is 91.7 Å². The molecule has 1 aliphatic rings. The Kier molecular flexibility index (Phi) is 7.78. The van der Waals surface area contributed by atoms with Crippen LogP contribution in [0.5, 0.6) is 5.19 Å². The summed E-state index contributed by atoms with van der Waals surface area (Å²) in [4.78, 5) is 16.5.